The largest absolute Gasteiger partial charge is 0.357 e. The van der Waals surface area contributed by atoms with E-state index in [0.717, 1.165) is 70.1 Å². The molecule has 0 aromatic carbocycles. The molecule has 1 fully saturated rings. The van der Waals surface area contributed by atoms with E-state index in [1.54, 1.807) is 0 Å². The minimum Gasteiger partial charge on any atom is -0.357 e. The molecule has 0 radical (unpaired) electrons. The van der Waals surface area contributed by atoms with Crippen LogP contribution < -0.4 is 16.0 Å². The highest BCUT2D eigenvalue weighted by Gasteiger charge is 2.21. The Morgan fingerprint density at radius 2 is 1.96 bits per heavy atom. The Balaban J connectivity index is 0.00000576. The van der Waals surface area contributed by atoms with Crippen molar-refractivity contribution in [2.75, 3.05) is 51.3 Å². The number of guanidine groups is 1. The Morgan fingerprint density at radius 3 is 2.56 bits per heavy atom. The van der Waals surface area contributed by atoms with Crippen molar-refractivity contribution in [1.29, 1.82) is 0 Å². The number of hydrogen-bond donors (Lipinski definition) is 3. The Bertz CT molecular complexity index is 376. The van der Waals surface area contributed by atoms with Crippen LogP contribution in [-0.2, 0) is 4.79 Å². The van der Waals surface area contributed by atoms with E-state index >= 15 is 0 Å². The molecule has 1 rings (SSSR count). The Labute approximate surface area is 174 Å². The number of carbonyl (C=O) groups excluding carboxylic acids is 1. The summed E-state index contributed by atoms with van der Waals surface area (Å²) in [7, 11) is 0. The van der Waals surface area contributed by atoms with Crippen LogP contribution >= 0.6 is 35.7 Å². The summed E-state index contributed by atoms with van der Waals surface area (Å²) in [5.41, 5.74) is 0. The number of rotatable bonds is 10. The van der Waals surface area contributed by atoms with Gasteiger partial charge in [0.2, 0.25) is 5.91 Å². The molecule has 3 N–H and O–H groups in total. The van der Waals surface area contributed by atoms with Gasteiger partial charge in [0.25, 0.3) is 0 Å². The number of nitrogens with one attached hydrogen (secondary N) is 3. The van der Waals surface area contributed by atoms with Crippen molar-refractivity contribution < 1.29 is 4.79 Å². The highest BCUT2D eigenvalue weighted by molar-refractivity contribution is 14.0. The van der Waals surface area contributed by atoms with Crippen LogP contribution in [0, 0.1) is 0 Å². The molecule has 0 aromatic rings. The van der Waals surface area contributed by atoms with Gasteiger partial charge in [0, 0.05) is 38.8 Å². The number of halogens is 1. The van der Waals surface area contributed by atoms with E-state index in [9.17, 15) is 4.79 Å². The summed E-state index contributed by atoms with van der Waals surface area (Å²) in [6, 6.07) is 0.443. The number of thioether (sulfide) groups is 1. The van der Waals surface area contributed by atoms with Gasteiger partial charge in [-0.05, 0) is 44.6 Å². The fourth-order valence-electron chi connectivity index (χ4n) is 2.67. The molecule has 25 heavy (non-hydrogen) atoms. The van der Waals surface area contributed by atoms with Crippen molar-refractivity contribution in [2.45, 2.75) is 45.6 Å². The monoisotopic (exact) mass is 485 g/mol. The standard InChI is InChI=1S/C17H35N5OS.HI/c1-4-9-19-16(23)14-22-11-7-15(8-12-22)21-17(18-5-2)20-10-6-13-24-3;/h15H,4-14H2,1-3H3,(H,19,23)(H2,18,20,21);1H. The van der Waals surface area contributed by atoms with E-state index in [1.165, 1.54) is 0 Å². The first-order chi connectivity index (χ1) is 11.7. The zero-order chi connectivity index (χ0) is 17.6. The van der Waals surface area contributed by atoms with Gasteiger partial charge in [0.15, 0.2) is 5.96 Å². The maximum atomic E-state index is 11.8. The van der Waals surface area contributed by atoms with Gasteiger partial charge in [0.05, 0.1) is 6.54 Å². The number of amides is 1. The second-order valence-corrected chi connectivity index (χ2v) is 7.14. The Morgan fingerprint density at radius 1 is 1.24 bits per heavy atom. The lowest BCUT2D eigenvalue weighted by molar-refractivity contribution is -0.122. The van der Waals surface area contributed by atoms with Crippen molar-refractivity contribution in [3.63, 3.8) is 0 Å². The zero-order valence-corrected chi connectivity index (χ0v) is 19.1. The first-order valence-electron chi connectivity index (χ1n) is 9.22. The predicted molar refractivity (Wildman–Crippen MR) is 120 cm³/mol. The third-order valence-corrected chi connectivity index (χ3v) is 4.69. The summed E-state index contributed by atoms with van der Waals surface area (Å²) >= 11 is 1.86. The number of carbonyl (C=O) groups is 1. The molecule has 1 aliphatic heterocycles. The maximum Gasteiger partial charge on any atom is 0.234 e. The molecule has 1 amide bonds. The number of hydrogen-bond acceptors (Lipinski definition) is 4. The molecule has 0 unspecified atom stereocenters. The average molecular weight is 485 g/mol. The van der Waals surface area contributed by atoms with Crippen LogP contribution in [0.3, 0.4) is 0 Å². The smallest absolute Gasteiger partial charge is 0.234 e. The van der Waals surface area contributed by atoms with Gasteiger partial charge in [-0.15, -0.1) is 24.0 Å². The third-order valence-electron chi connectivity index (χ3n) is 3.99. The fraction of sp³-hybridized carbons (Fsp3) is 0.882. The van der Waals surface area contributed by atoms with E-state index in [-0.39, 0.29) is 29.9 Å². The molecule has 0 atom stereocenters. The number of likely N-dealkylation sites (tertiary alicyclic amines) is 1. The van der Waals surface area contributed by atoms with Crippen molar-refractivity contribution in [3.05, 3.63) is 0 Å². The molecule has 0 aromatic heterocycles. The van der Waals surface area contributed by atoms with Crippen LogP contribution in [0.25, 0.3) is 0 Å². The predicted octanol–water partition coefficient (Wildman–Crippen LogP) is 1.90. The molecule has 0 saturated carbocycles. The molecular weight excluding hydrogens is 449 g/mol. The molecule has 148 valence electrons. The molecule has 0 spiro atoms. The molecule has 0 aliphatic carbocycles. The summed E-state index contributed by atoms with van der Waals surface area (Å²) in [5, 5.41) is 9.82. The van der Waals surface area contributed by atoms with E-state index in [0.29, 0.717) is 12.6 Å². The first kappa shape index (κ1) is 24.8. The van der Waals surface area contributed by atoms with Gasteiger partial charge < -0.3 is 16.0 Å². The lowest BCUT2D eigenvalue weighted by atomic mass is 10.1. The SMILES string of the molecule is CCCNC(=O)CN1CCC(NC(=NCCCSC)NCC)CC1.I. The second-order valence-electron chi connectivity index (χ2n) is 6.15. The van der Waals surface area contributed by atoms with E-state index in [4.69, 9.17) is 0 Å². The second kappa shape index (κ2) is 16.0. The van der Waals surface area contributed by atoms with Gasteiger partial charge in [-0.25, -0.2) is 0 Å². The minimum atomic E-state index is 0. The topological polar surface area (TPSA) is 68.8 Å². The van der Waals surface area contributed by atoms with Gasteiger partial charge in [-0.2, -0.15) is 11.8 Å². The lowest BCUT2D eigenvalue weighted by Crippen LogP contribution is -2.50. The maximum absolute atomic E-state index is 11.8. The van der Waals surface area contributed by atoms with Crippen molar-refractivity contribution in [3.8, 4) is 0 Å². The van der Waals surface area contributed by atoms with Gasteiger partial charge >= 0.3 is 0 Å². The molecular formula is C17H36IN5OS. The molecule has 1 heterocycles. The van der Waals surface area contributed by atoms with Crippen LogP contribution in [0.4, 0.5) is 0 Å². The van der Waals surface area contributed by atoms with E-state index < -0.39 is 0 Å². The minimum absolute atomic E-state index is 0. The van der Waals surface area contributed by atoms with Crippen molar-refractivity contribution in [1.82, 2.24) is 20.9 Å². The normalized spacial score (nSPS) is 16.2. The van der Waals surface area contributed by atoms with Crippen molar-refractivity contribution >= 4 is 47.6 Å². The van der Waals surface area contributed by atoms with Crippen LogP contribution in [0.1, 0.15) is 39.5 Å². The molecule has 1 saturated heterocycles. The van der Waals surface area contributed by atoms with Gasteiger partial charge in [-0.3, -0.25) is 14.7 Å². The molecule has 0 bridgehead atoms. The Hall–Kier alpha value is -0.220. The number of aliphatic imine (C=N–C) groups is 1. The highest BCUT2D eigenvalue weighted by atomic mass is 127. The lowest BCUT2D eigenvalue weighted by Gasteiger charge is -2.32. The van der Waals surface area contributed by atoms with E-state index in [2.05, 4.69) is 45.9 Å². The molecule has 8 heteroatoms. The summed E-state index contributed by atoms with van der Waals surface area (Å²) in [5.74, 6) is 2.23. The van der Waals surface area contributed by atoms with Gasteiger partial charge in [-0.1, -0.05) is 6.92 Å². The first-order valence-corrected chi connectivity index (χ1v) is 10.6. The summed E-state index contributed by atoms with van der Waals surface area (Å²) in [4.78, 5) is 18.7. The quantitative estimate of drug-likeness (QED) is 0.191. The number of piperidine rings is 1. The Kier molecular flexibility index (Phi) is 15.8. The third kappa shape index (κ3) is 11.9. The zero-order valence-electron chi connectivity index (χ0n) is 16.0. The fourth-order valence-corrected chi connectivity index (χ4v) is 3.09. The van der Waals surface area contributed by atoms with Crippen molar-refractivity contribution in [2.24, 2.45) is 4.99 Å². The van der Waals surface area contributed by atoms with Crippen LogP contribution in [-0.4, -0.2) is 74.1 Å². The summed E-state index contributed by atoms with van der Waals surface area (Å²) < 4.78 is 0. The summed E-state index contributed by atoms with van der Waals surface area (Å²) in [6.45, 7) is 9.13. The van der Waals surface area contributed by atoms with Gasteiger partial charge in [0.1, 0.15) is 0 Å². The van der Waals surface area contributed by atoms with E-state index in [1.807, 2.05) is 11.8 Å². The molecule has 6 nitrogen and oxygen atoms in total. The highest BCUT2D eigenvalue weighted by Crippen LogP contribution is 2.10. The van der Waals surface area contributed by atoms with Crippen LogP contribution in [0.5, 0.6) is 0 Å². The molecule has 1 aliphatic rings. The number of nitrogens with zero attached hydrogens (tertiary/aromatic N) is 2. The van der Waals surface area contributed by atoms with Crippen LogP contribution in [0.2, 0.25) is 0 Å². The average Bonchev–Trinajstić information content (AvgIpc) is 2.58. The van der Waals surface area contributed by atoms with Crippen LogP contribution in [0.15, 0.2) is 4.99 Å². The summed E-state index contributed by atoms with van der Waals surface area (Å²) in [6.07, 6.45) is 6.33.